The van der Waals surface area contributed by atoms with E-state index in [0.29, 0.717) is 19.0 Å². The highest BCUT2D eigenvalue weighted by molar-refractivity contribution is 14.0. The minimum atomic E-state index is -3.49. The van der Waals surface area contributed by atoms with Crippen molar-refractivity contribution in [3.63, 3.8) is 0 Å². The number of nitrogens with one attached hydrogen (secondary N) is 3. The van der Waals surface area contributed by atoms with E-state index in [0.717, 1.165) is 23.7 Å². The molecule has 0 fully saturated rings. The molecular weight excluding hydrogens is 509 g/mol. The summed E-state index contributed by atoms with van der Waals surface area (Å²) in [6.45, 7) is 8.11. The molecule has 1 aromatic heterocycles. The second-order valence-corrected chi connectivity index (χ2v) is 8.95. The summed E-state index contributed by atoms with van der Waals surface area (Å²) in [7, 11) is -3.49. The molecule has 0 bridgehead atoms. The summed E-state index contributed by atoms with van der Waals surface area (Å²) < 4.78 is 26.9. The van der Waals surface area contributed by atoms with E-state index < -0.39 is 10.0 Å². The molecule has 1 aromatic carbocycles. The highest BCUT2D eigenvalue weighted by Gasteiger charge is 2.11. The van der Waals surface area contributed by atoms with Gasteiger partial charge in [0, 0.05) is 30.9 Å². The highest BCUT2D eigenvalue weighted by Crippen LogP contribution is 2.16. The third kappa shape index (κ3) is 8.02. The fourth-order valence-corrected chi connectivity index (χ4v) is 4.28. The summed E-state index contributed by atoms with van der Waals surface area (Å²) in [4.78, 5) is 10.4. The van der Waals surface area contributed by atoms with Crippen molar-refractivity contribution in [2.24, 2.45) is 4.99 Å². The summed E-state index contributed by atoms with van der Waals surface area (Å²) in [6.07, 6.45) is 0.824. The second kappa shape index (κ2) is 12.3. The number of guanidine groups is 1. The molecule has 3 N–H and O–H groups in total. The third-order valence-electron chi connectivity index (χ3n) is 3.78. The Hall–Kier alpha value is -1.24. The zero-order valence-electron chi connectivity index (χ0n) is 16.4. The average molecular weight is 537 g/mol. The molecule has 10 heteroatoms. The van der Waals surface area contributed by atoms with E-state index >= 15 is 0 Å². The Labute approximate surface area is 188 Å². The number of sulfonamides is 1. The van der Waals surface area contributed by atoms with Gasteiger partial charge in [-0.1, -0.05) is 18.2 Å². The number of aryl methyl sites for hydroxylation is 2. The van der Waals surface area contributed by atoms with Crippen LogP contribution in [0.4, 0.5) is 0 Å². The molecule has 0 atom stereocenters. The number of rotatable bonds is 9. The molecule has 0 aliphatic carbocycles. The van der Waals surface area contributed by atoms with Crippen LogP contribution < -0.4 is 15.4 Å². The van der Waals surface area contributed by atoms with Gasteiger partial charge in [0.05, 0.1) is 22.1 Å². The van der Waals surface area contributed by atoms with E-state index in [2.05, 4.69) is 32.3 Å². The average Bonchev–Trinajstić information content (AvgIpc) is 2.97. The molecule has 2 aromatic rings. The summed E-state index contributed by atoms with van der Waals surface area (Å²) in [6, 6.07) is 8.32. The van der Waals surface area contributed by atoms with Crippen molar-refractivity contribution in [3.8, 4) is 0 Å². The van der Waals surface area contributed by atoms with Gasteiger partial charge in [-0.25, -0.2) is 18.1 Å². The Bertz CT molecular complexity index is 835. The second-order valence-electron chi connectivity index (χ2n) is 5.90. The van der Waals surface area contributed by atoms with Crippen LogP contribution in [0.5, 0.6) is 0 Å². The number of nitrogens with zero attached hydrogens (tertiary/aromatic N) is 2. The molecule has 0 spiro atoms. The molecule has 0 saturated heterocycles. The number of aromatic nitrogens is 1. The number of benzene rings is 1. The Kier molecular flexibility index (Phi) is 10.9. The number of hydrogen-bond acceptors (Lipinski definition) is 5. The minimum absolute atomic E-state index is 0. The van der Waals surface area contributed by atoms with E-state index in [-0.39, 0.29) is 35.4 Å². The van der Waals surface area contributed by atoms with Gasteiger partial charge in [-0.3, -0.25) is 4.99 Å². The summed E-state index contributed by atoms with van der Waals surface area (Å²) in [5.74, 6) is 0.668. The monoisotopic (exact) mass is 537 g/mol. The van der Waals surface area contributed by atoms with E-state index in [9.17, 15) is 8.42 Å². The van der Waals surface area contributed by atoms with Crippen LogP contribution in [0.1, 0.15) is 22.5 Å². The zero-order chi connectivity index (χ0) is 19.7. The first-order valence-electron chi connectivity index (χ1n) is 8.92. The van der Waals surface area contributed by atoms with Gasteiger partial charge in [-0.15, -0.1) is 35.3 Å². The predicted molar refractivity (Wildman–Crippen MR) is 126 cm³/mol. The maximum absolute atomic E-state index is 12.2. The maximum atomic E-state index is 12.2. The molecule has 28 heavy (non-hydrogen) atoms. The van der Waals surface area contributed by atoms with Crippen molar-refractivity contribution in [2.75, 3.05) is 26.2 Å². The van der Waals surface area contributed by atoms with Gasteiger partial charge in [-0.05, 0) is 32.9 Å². The topological polar surface area (TPSA) is 95.5 Å². The Balaban J connectivity index is 0.00000392. The molecule has 0 aliphatic heterocycles. The molecule has 0 amide bonds. The van der Waals surface area contributed by atoms with Crippen LogP contribution in [0.25, 0.3) is 0 Å². The van der Waals surface area contributed by atoms with Crippen LogP contribution in [-0.2, 0) is 16.4 Å². The normalized spacial score (nSPS) is 11.8. The van der Waals surface area contributed by atoms with Crippen molar-refractivity contribution < 1.29 is 8.42 Å². The molecular formula is C18H28IN5O2S2. The summed E-state index contributed by atoms with van der Waals surface area (Å²) >= 11 is 1.71. The van der Waals surface area contributed by atoms with Crippen LogP contribution in [0.3, 0.4) is 0 Å². The van der Waals surface area contributed by atoms with E-state index in [1.54, 1.807) is 41.7 Å². The number of aliphatic imine (C=N–C) groups is 1. The minimum Gasteiger partial charge on any atom is -0.357 e. The first-order valence-corrected chi connectivity index (χ1v) is 11.2. The van der Waals surface area contributed by atoms with Crippen molar-refractivity contribution >= 4 is 51.3 Å². The van der Waals surface area contributed by atoms with Gasteiger partial charge in [0.25, 0.3) is 0 Å². The van der Waals surface area contributed by atoms with E-state index in [4.69, 9.17) is 0 Å². The largest absolute Gasteiger partial charge is 0.357 e. The van der Waals surface area contributed by atoms with Gasteiger partial charge in [0.15, 0.2) is 5.96 Å². The molecule has 0 unspecified atom stereocenters. The first kappa shape index (κ1) is 24.8. The van der Waals surface area contributed by atoms with Crippen LogP contribution >= 0.6 is 35.3 Å². The van der Waals surface area contributed by atoms with Gasteiger partial charge in [0.1, 0.15) is 0 Å². The van der Waals surface area contributed by atoms with Gasteiger partial charge in [0.2, 0.25) is 10.0 Å². The molecule has 1 heterocycles. The van der Waals surface area contributed by atoms with Crippen LogP contribution in [0.15, 0.2) is 40.2 Å². The molecule has 0 radical (unpaired) electrons. The van der Waals surface area contributed by atoms with Crippen molar-refractivity contribution in [2.45, 2.75) is 32.1 Å². The van der Waals surface area contributed by atoms with E-state index in [1.165, 1.54) is 4.88 Å². The maximum Gasteiger partial charge on any atom is 0.240 e. The SMILES string of the molecule is CCNC(=NCCNS(=O)(=O)c1ccccc1)NCCc1nc(C)c(C)s1.I. The van der Waals surface area contributed by atoms with Crippen molar-refractivity contribution in [3.05, 3.63) is 45.9 Å². The fraction of sp³-hybridized carbons (Fsp3) is 0.444. The Morgan fingerprint density at radius 1 is 1.14 bits per heavy atom. The highest BCUT2D eigenvalue weighted by atomic mass is 127. The molecule has 156 valence electrons. The lowest BCUT2D eigenvalue weighted by Crippen LogP contribution is -2.39. The Morgan fingerprint density at radius 2 is 1.86 bits per heavy atom. The molecule has 0 saturated carbocycles. The quantitative estimate of drug-likeness (QED) is 0.198. The Morgan fingerprint density at radius 3 is 2.46 bits per heavy atom. The zero-order valence-corrected chi connectivity index (χ0v) is 20.3. The van der Waals surface area contributed by atoms with Gasteiger partial charge in [-0.2, -0.15) is 0 Å². The van der Waals surface area contributed by atoms with E-state index in [1.807, 2.05) is 13.8 Å². The standard InChI is InChI=1S/C18H27N5O2S2.HI/c1-4-19-18(20-11-10-17-23-14(2)15(3)26-17)21-12-13-22-27(24,25)16-8-6-5-7-9-16;/h5-9,22H,4,10-13H2,1-3H3,(H2,19,20,21);1H. The third-order valence-corrected chi connectivity index (χ3v) is 6.39. The lowest BCUT2D eigenvalue weighted by molar-refractivity contribution is 0.582. The van der Waals surface area contributed by atoms with Crippen LogP contribution in [-0.4, -0.2) is 45.5 Å². The lowest BCUT2D eigenvalue weighted by Gasteiger charge is -2.11. The fourth-order valence-electron chi connectivity index (χ4n) is 2.31. The predicted octanol–water partition coefficient (Wildman–Crippen LogP) is 2.45. The molecule has 7 nitrogen and oxygen atoms in total. The molecule has 0 aliphatic rings. The summed E-state index contributed by atoms with van der Waals surface area (Å²) in [5, 5.41) is 7.52. The van der Waals surface area contributed by atoms with Crippen LogP contribution in [0, 0.1) is 13.8 Å². The van der Waals surface area contributed by atoms with Crippen LogP contribution in [0.2, 0.25) is 0 Å². The van der Waals surface area contributed by atoms with Crippen molar-refractivity contribution in [1.82, 2.24) is 20.3 Å². The first-order chi connectivity index (χ1) is 12.9. The lowest BCUT2D eigenvalue weighted by atomic mass is 10.4. The van der Waals surface area contributed by atoms with Gasteiger partial charge >= 0.3 is 0 Å². The molecule has 2 rings (SSSR count). The number of hydrogen-bond donors (Lipinski definition) is 3. The van der Waals surface area contributed by atoms with Crippen molar-refractivity contribution in [1.29, 1.82) is 0 Å². The smallest absolute Gasteiger partial charge is 0.240 e. The summed E-state index contributed by atoms with van der Waals surface area (Å²) in [5.41, 5.74) is 1.08. The van der Waals surface area contributed by atoms with Gasteiger partial charge < -0.3 is 10.6 Å². The number of halogens is 1. The number of thiazole rings is 1.